The molecule has 1 aromatic rings. The van der Waals surface area contributed by atoms with Crippen LogP contribution in [0.3, 0.4) is 0 Å². The number of imide groups is 1. The van der Waals surface area contributed by atoms with Crippen LogP contribution < -0.4 is 5.32 Å². The van der Waals surface area contributed by atoms with E-state index < -0.39 is 73.8 Å². The zero-order valence-electron chi connectivity index (χ0n) is 27.2. The van der Waals surface area contributed by atoms with Crippen molar-refractivity contribution in [3.8, 4) is 0 Å². The van der Waals surface area contributed by atoms with Crippen LogP contribution in [0.15, 0.2) is 48.8 Å². The van der Waals surface area contributed by atoms with Crippen molar-refractivity contribution in [1.29, 1.82) is 0 Å². The number of benzene rings is 1. The zero-order valence-corrected chi connectivity index (χ0v) is 27.2. The van der Waals surface area contributed by atoms with E-state index in [1.54, 1.807) is 24.3 Å². The van der Waals surface area contributed by atoms with Crippen molar-refractivity contribution in [2.45, 2.75) is 25.3 Å². The van der Waals surface area contributed by atoms with Crippen LogP contribution in [0.2, 0.25) is 0 Å². The number of rotatable bonds is 25. The Morgan fingerprint density at radius 3 is 1.74 bits per heavy atom. The summed E-state index contributed by atoms with van der Waals surface area (Å²) in [5.74, 6) is -7.23. The van der Waals surface area contributed by atoms with Gasteiger partial charge in [0, 0.05) is 57.2 Å². The summed E-state index contributed by atoms with van der Waals surface area (Å²) in [6, 6.07) is 5.94. The van der Waals surface area contributed by atoms with Crippen molar-refractivity contribution < 1.29 is 63.9 Å². The molecule has 0 saturated heterocycles. The number of ketones is 1. The van der Waals surface area contributed by atoms with E-state index in [0.29, 0.717) is 11.1 Å². The molecule has 0 unspecified atom stereocenters. The van der Waals surface area contributed by atoms with Crippen LogP contribution in [-0.4, -0.2) is 164 Å². The van der Waals surface area contributed by atoms with Crippen LogP contribution in [0.4, 0.5) is 0 Å². The van der Waals surface area contributed by atoms with Crippen molar-refractivity contribution in [1.82, 2.24) is 24.9 Å². The Balaban J connectivity index is 2.12. The van der Waals surface area contributed by atoms with E-state index in [2.05, 4.69) is 11.9 Å². The van der Waals surface area contributed by atoms with Gasteiger partial charge in [-0.2, -0.15) is 0 Å². The van der Waals surface area contributed by atoms with Crippen molar-refractivity contribution >= 4 is 47.4 Å². The molecule has 0 bridgehead atoms. The third-order valence-corrected chi connectivity index (χ3v) is 7.36. The van der Waals surface area contributed by atoms with Gasteiger partial charge in [0.15, 0.2) is 5.78 Å². The summed E-state index contributed by atoms with van der Waals surface area (Å²) < 4.78 is 0. The van der Waals surface area contributed by atoms with E-state index in [4.69, 9.17) is 10.2 Å². The number of aliphatic hydroxyl groups excluding tert-OH is 1. The maximum Gasteiger partial charge on any atom is 0.317 e. The second-order valence-electron chi connectivity index (χ2n) is 11.6. The van der Waals surface area contributed by atoms with E-state index in [-0.39, 0.29) is 70.1 Å². The van der Waals surface area contributed by atoms with Crippen LogP contribution in [0, 0.1) is 0 Å². The molecule has 18 heteroatoms. The van der Waals surface area contributed by atoms with E-state index in [9.17, 15) is 53.7 Å². The summed E-state index contributed by atoms with van der Waals surface area (Å²) in [4.78, 5) is 98.5. The summed E-state index contributed by atoms with van der Waals surface area (Å²) >= 11 is 0. The molecule has 0 fully saturated rings. The van der Waals surface area contributed by atoms with Gasteiger partial charge in [-0.25, -0.2) is 0 Å². The van der Waals surface area contributed by atoms with Gasteiger partial charge in [-0.1, -0.05) is 30.8 Å². The van der Waals surface area contributed by atoms with E-state index in [1.165, 1.54) is 9.80 Å². The number of nitrogens with zero attached hydrogens (tertiary/aromatic N) is 4. The summed E-state index contributed by atoms with van der Waals surface area (Å²) in [7, 11) is 0. The molecule has 0 spiro atoms. The monoisotopic (exact) mass is 703 g/mol. The van der Waals surface area contributed by atoms with Crippen LogP contribution in [0.5, 0.6) is 0 Å². The Labute approximate surface area is 286 Å². The molecule has 1 aliphatic rings. The molecule has 18 nitrogen and oxygen atoms in total. The molecule has 1 atom stereocenters. The number of nitrogens with one attached hydrogen (secondary N) is 1. The average molecular weight is 704 g/mol. The molecule has 2 rings (SSSR count). The van der Waals surface area contributed by atoms with E-state index in [1.807, 2.05) is 0 Å². The third kappa shape index (κ3) is 15.6. The fourth-order valence-corrected chi connectivity index (χ4v) is 5.14. The van der Waals surface area contributed by atoms with Crippen LogP contribution in [0.1, 0.15) is 17.5 Å². The number of carboxylic acids is 4. The molecule has 50 heavy (non-hydrogen) atoms. The number of carbonyl (C=O) groups is 8. The fraction of sp³-hybridized carbons (Fsp3) is 0.438. The number of amides is 3. The Bertz CT molecular complexity index is 1430. The third-order valence-electron chi connectivity index (χ3n) is 7.36. The molecular weight excluding hydrogens is 662 g/mol. The van der Waals surface area contributed by atoms with Gasteiger partial charge in [0.1, 0.15) is 0 Å². The Hall–Kier alpha value is -5.46. The van der Waals surface area contributed by atoms with Crippen LogP contribution in [0.25, 0.3) is 0 Å². The normalized spacial score (nSPS) is 13.2. The van der Waals surface area contributed by atoms with Crippen molar-refractivity contribution in [2.75, 3.05) is 65.4 Å². The summed E-state index contributed by atoms with van der Waals surface area (Å²) in [5.41, 5.74) is 1.26. The van der Waals surface area contributed by atoms with E-state index >= 15 is 0 Å². The van der Waals surface area contributed by atoms with Gasteiger partial charge in [0.2, 0.25) is 5.91 Å². The maximum atomic E-state index is 12.5. The largest absolute Gasteiger partial charge is 0.512 e. The smallest absolute Gasteiger partial charge is 0.317 e. The maximum absolute atomic E-state index is 12.5. The second-order valence-corrected chi connectivity index (χ2v) is 11.6. The summed E-state index contributed by atoms with van der Waals surface area (Å²) in [6.45, 7) is 0.218. The molecule has 1 aromatic carbocycles. The Morgan fingerprint density at radius 2 is 1.22 bits per heavy atom. The minimum atomic E-state index is -1.28. The highest BCUT2D eigenvalue weighted by atomic mass is 16.4. The number of hydrogen-bond donors (Lipinski definition) is 6. The van der Waals surface area contributed by atoms with Gasteiger partial charge in [-0.15, -0.1) is 0 Å². The Kier molecular flexibility index (Phi) is 16.4. The van der Waals surface area contributed by atoms with Crippen LogP contribution in [-0.2, 0) is 51.2 Å². The predicted molar refractivity (Wildman–Crippen MR) is 173 cm³/mol. The molecule has 6 N–H and O–H groups in total. The molecular formula is C32H41N5O13. The van der Waals surface area contributed by atoms with Gasteiger partial charge in [-0.3, -0.25) is 58.0 Å². The molecule has 0 saturated carbocycles. The topological polar surface area (TPSA) is 263 Å². The standard InChI is InChI=1S/C32H41N5O13/c1-21(38)15-36(20-32(49)50)24(16-34(17-29(43)44)10-11-35(18-30(45)46)19-31(47)48)12-22-2-4-23(5-3-22)13-25(39)14-33-26(40)8-9-37-27(41)6-7-28(37)42/h2-7,24,38H,1,8-20H2,(H,33,40)(H,43,44)(H,45,46)(H,47,48)(H,49,50)/t24-/m1/s1. The minimum Gasteiger partial charge on any atom is -0.512 e. The lowest BCUT2D eigenvalue weighted by atomic mass is 10.0. The first-order chi connectivity index (χ1) is 23.5. The molecule has 0 aliphatic carbocycles. The number of carbonyl (C=O) groups excluding carboxylic acids is 4. The summed E-state index contributed by atoms with van der Waals surface area (Å²) in [5, 5.41) is 49.8. The fourth-order valence-electron chi connectivity index (χ4n) is 5.14. The molecule has 1 heterocycles. The second kappa shape index (κ2) is 20.1. The number of aliphatic carboxylic acids is 4. The number of carboxylic acid groups (broad SMARTS) is 4. The molecule has 0 aromatic heterocycles. The van der Waals surface area contributed by atoms with Gasteiger partial charge >= 0.3 is 23.9 Å². The lowest BCUT2D eigenvalue weighted by Crippen LogP contribution is -2.50. The first-order valence-electron chi connectivity index (χ1n) is 15.3. The lowest BCUT2D eigenvalue weighted by Gasteiger charge is -2.35. The minimum absolute atomic E-state index is 0.0396. The van der Waals surface area contributed by atoms with E-state index in [0.717, 1.165) is 22.0 Å². The highest BCUT2D eigenvalue weighted by Gasteiger charge is 2.27. The van der Waals surface area contributed by atoms with Gasteiger partial charge in [-0.05, 0) is 17.5 Å². The molecule has 0 radical (unpaired) electrons. The highest BCUT2D eigenvalue weighted by Crippen LogP contribution is 2.15. The van der Waals surface area contributed by atoms with Crippen molar-refractivity contribution in [2.24, 2.45) is 0 Å². The van der Waals surface area contributed by atoms with Crippen molar-refractivity contribution in [3.05, 3.63) is 59.9 Å². The Morgan fingerprint density at radius 1 is 0.720 bits per heavy atom. The highest BCUT2D eigenvalue weighted by molar-refractivity contribution is 6.13. The van der Waals surface area contributed by atoms with Gasteiger partial charge < -0.3 is 30.8 Å². The first-order valence-corrected chi connectivity index (χ1v) is 15.3. The number of aliphatic hydroxyl groups is 1. The zero-order chi connectivity index (χ0) is 37.4. The molecule has 1 aliphatic heterocycles. The average Bonchev–Trinajstić information content (AvgIpc) is 3.32. The number of Topliss-reactive ketones (excluding diaryl/α,β-unsaturated/α-hetero) is 1. The van der Waals surface area contributed by atoms with Crippen LogP contribution >= 0.6 is 0 Å². The molecule has 272 valence electrons. The number of hydrogen-bond acceptors (Lipinski definition) is 12. The first kappa shape index (κ1) is 40.7. The van der Waals surface area contributed by atoms with Crippen molar-refractivity contribution in [3.63, 3.8) is 0 Å². The lowest BCUT2D eigenvalue weighted by molar-refractivity contribution is -0.143. The van der Waals surface area contributed by atoms with Gasteiger partial charge in [0.05, 0.1) is 45.0 Å². The predicted octanol–water partition coefficient (Wildman–Crippen LogP) is -1.54. The summed E-state index contributed by atoms with van der Waals surface area (Å²) in [6.07, 6.45) is 2.15. The van der Waals surface area contributed by atoms with Gasteiger partial charge in [0.25, 0.3) is 11.8 Å². The molecule has 3 amide bonds. The quantitative estimate of drug-likeness (QED) is 0.0498. The SMILES string of the molecule is C=C(O)CN(CC(=O)O)[C@H](Cc1ccc(CC(=O)CNC(=O)CCN2C(=O)C=CC2=O)cc1)CN(CCN(CC(=O)O)CC(=O)O)CC(=O)O.